The lowest BCUT2D eigenvalue weighted by Crippen LogP contribution is -1.92. The molecule has 0 aliphatic rings. The SMILES string of the molecule is Cc1[nH]c2c(/C=C/CN)cccc2c1C. The second-order valence-electron chi connectivity index (χ2n) is 3.78. The standard InChI is InChI=1S/C13H16N2/c1-9-10(2)15-13-11(6-4-8-14)5-3-7-12(9)13/h3-7,15H,8,14H2,1-2H3/b6-4+. The molecule has 2 rings (SSSR count). The van der Waals surface area contributed by atoms with Crippen LogP contribution in [0.25, 0.3) is 17.0 Å². The lowest BCUT2D eigenvalue weighted by molar-refractivity contribution is 1.25. The van der Waals surface area contributed by atoms with Gasteiger partial charge in [0.15, 0.2) is 0 Å². The first-order chi connectivity index (χ1) is 7.24. The number of aromatic amines is 1. The molecule has 0 radical (unpaired) electrons. The summed E-state index contributed by atoms with van der Waals surface area (Å²) in [4.78, 5) is 3.41. The van der Waals surface area contributed by atoms with Crippen molar-refractivity contribution in [2.24, 2.45) is 5.73 Å². The van der Waals surface area contributed by atoms with Crippen molar-refractivity contribution in [3.63, 3.8) is 0 Å². The van der Waals surface area contributed by atoms with E-state index < -0.39 is 0 Å². The van der Waals surface area contributed by atoms with E-state index in [2.05, 4.69) is 43.1 Å². The van der Waals surface area contributed by atoms with Crippen molar-refractivity contribution in [2.45, 2.75) is 13.8 Å². The van der Waals surface area contributed by atoms with Gasteiger partial charge in [0.25, 0.3) is 0 Å². The summed E-state index contributed by atoms with van der Waals surface area (Å²) in [5, 5.41) is 1.30. The molecule has 1 aromatic heterocycles. The molecule has 3 N–H and O–H groups in total. The number of para-hydroxylation sites is 1. The monoisotopic (exact) mass is 200 g/mol. The van der Waals surface area contributed by atoms with Crippen LogP contribution in [0, 0.1) is 13.8 Å². The zero-order valence-electron chi connectivity index (χ0n) is 9.17. The smallest absolute Gasteiger partial charge is 0.0532 e. The Balaban J connectivity index is 2.66. The van der Waals surface area contributed by atoms with Crippen molar-refractivity contribution in [2.75, 3.05) is 6.54 Å². The highest BCUT2D eigenvalue weighted by Gasteiger charge is 2.05. The first-order valence-corrected chi connectivity index (χ1v) is 5.18. The van der Waals surface area contributed by atoms with Gasteiger partial charge in [-0.15, -0.1) is 0 Å². The van der Waals surface area contributed by atoms with Gasteiger partial charge in [-0.1, -0.05) is 30.4 Å². The largest absolute Gasteiger partial charge is 0.358 e. The van der Waals surface area contributed by atoms with Crippen LogP contribution >= 0.6 is 0 Å². The van der Waals surface area contributed by atoms with Crippen LogP contribution in [-0.2, 0) is 0 Å². The van der Waals surface area contributed by atoms with Gasteiger partial charge in [-0.3, -0.25) is 0 Å². The number of hydrogen-bond donors (Lipinski definition) is 2. The molecule has 1 aromatic carbocycles. The van der Waals surface area contributed by atoms with Gasteiger partial charge in [0.05, 0.1) is 5.52 Å². The Morgan fingerprint density at radius 3 is 2.87 bits per heavy atom. The van der Waals surface area contributed by atoms with Gasteiger partial charge in [0.2, 0.25) is 0 Å². The van der Waals surface area contributed by atoms with E-state index in [1.807, 2.05) is 6.08 Å². The molecule has 0 aliphatic heterocycles. The van der Waals surface area contributed by atoms with Gasteiger partial charge in [0.1, 0.15) is 0 Å². The molecule has 2 aromatic rings. The fourth-order valence-electron chi connectivity index (χ4n) is 1.84. The van der Waals surface area contributed by atoms with Gasteiger partial charge in [0, 0.05) is 17.6 Å². The third-order valence-corrected chi connectivity index (χ3v) is 2.81. The predicted molar refractivity (Wildman–Crippen MR) is 65.9 cm³/mol. The number of aryl methyl sites for hydroxylation is 2. The molecule has 0 fully saturated rings. The average Bonchev–Trinajstić information content (AvgIpc) is 2.53. The van der Waals surface area contributed by atoms with E-state index in [-0.39, 0.29) is 0 Å². The van der Waals surface area contributed by atoms with E-state index in [0.29, 0.717) is 6.54 Å². The van der Waals surface area contributed by atoms with Crippen LogP contribution in [0.4, 0.5) is 0 Å². The summed E-state index contributed by atoms with van der Waals surface area (Å²) >= 11 is 0. The number of aromatic nitrogens is 1. The average molecular weight is 200 g/mol. The normalized spacial score (nSPS) is 11.7. The number of H-pyrrole nitrogens is 1. The second-order valence-corrected chi connectivity index (χ2v) is 3.78. The first kappa shape index (κ1) is 9.99. The maximum absolute atomic E-state index is 5.46. The highest BCUT2D eigenvalue weighted by atomic mass is 14.7. The molecule has 0 bridgehead atoms. The first-order valence-electron chi connectivity index (χ1n) is 5.18. The second kappa shape index (κ2) is 3.91. The highest BCUT2D eigenvalue weighted by molar-refractivity contribution is 5.91. The van der Waals surface area contributed by atoms with Crippen molar-refractivity contribution in [1.82, 2.24) is 4.98 Å². The quantitative estimate of drug-likeness (QED) is 0.769. The van der Waals surface area contributed by atoms with E-state index >= 15 is 0 Å². The van der Waals surface area contributed by atoms with Crippen molar-refractivity contribution in [3.8, 4) is 0 Å². The van der Waals surface area contributed by atoms with E-state index in [9.17, 15) is 0 Å². The van der Waals surface area contributed by atoms with Crippen LogP contribution in [-0.4, -0.2) is 11.5 Å². The van der Waals surface area contributed by atoms with Crippen LogP contribution in [0.2, 0.25) is 0 Å². The summed E-state index contributed by atoms with van der Waals surface area (Å²) in [5.41, 5.74) is 10.4. The molecule has 2 heteroatoms. The van der Waals surface area contributed by atoms with E-state index in [1.165, 1.54) is 27.7 Å². The van der Waals surface area contributed by atoms with Crippen LogP contribution in [0.3, 0.4) is 0 Å². The third-order valence-electron chi connectivity index (χ3n) is 2.81. The Labute approximate surface area is 89.8 Å². The molecule has 0 atom stereocenters. The van der Waals surface area contributed by atoms with Crippen molar-refractivity contribution in [1.29, 1.82) is 0 Å². The van der Waals surface area contributed by atoms with Gasteiger partial charge in [-0.05, 0) is 25.0 Å². The van der Waals surface area contributed by atoms with Crippen molar-refractivity contribution in [3.05, 3.63) is 41.1 Å². The zero-order valence-corrected chi connectivity index (χ0v) is 9.17. The molecule has 0 saturated carbocycles. The Morgan fingerprint density at radius 2 is 2.13 bits per heavy atom. The van der Waals surface area contributed by atoms with E-state index in [0.717, 1.165) is 0 Å². The van der Waals surface area contributed by atoms with Crippen LogP contribution in [0.1, 0.15) is 16.8 Å². The molecule has 0 saturated heterocycles. The Kier molecular flexibility index (Phi) is 2.60. The Bertz CT molecular complexity index is 506. The molecule has 78 valence electrons. The molecular formula is C13H16N2. The van der Waals surface area contributed by atoms with Gasteiger partial charge >= 0.3 is 0 Å². The number of fused-ring (bicyclic) bond motifs is 1. The minimum Gasteiger partial charge on any atom is -0.358 e. The minimum atomic E-state index is 0.578. The van der Waals surface area contributed by atoms with Gasteiger partial charge in [-0.25, -0.2) is 0 Å². The van der Waals surface area contributed by atoms with Gasteiger partial charge in [-0.2, -0.15) is 0 Å². The molecule has 0 aliphatic carbocycles. The summed E-state index contributed by atoms with van der Waals surface area (Å²) in [5.74, 6) is 0. The maximum Gasteiger partial charge on any atom is 0.0532 e. The molecule has 1 heterocycles. The predicted octanol–water partition coefficient (Wildman–Crippen LogP) is 2.76. The molecule has 2 nitrogen and oxygen atoms in total. The molecule has 0 amide bonds. The van der Waals surface area contributed by atoms with Gasteiger partial charge < -0.3 is 10.7 Å². The number of rotatable bonds is 2. The van der Waals surface area contributed by atoms with Crippen LogP contribution < -0.4 is 5.73 Å². The summed E-state index contributed by atoms with van der Waals surface area (Å²) < 4.78 is 0. The zero-order chi connectivity index (χ0) is 10.8. The number of nitrogens with two attached hydrogens (primary N) is 1. The Morgan fingerprint density at radius 1 is 1.33 bits per heavy atom. The van der Waals surface area contributed by atoms with Crippen molar-refractivity contribution >= 4 is 17.0 Å². The summed E-state index contributed by atoms with van der Waals surface area (Å²) in [6.45, 7) is 4.82. The fourth-order valence-corrected chi connectivity index (χ4v) is 1.84. The molecule has 0 spiro atoms. The van der Waals surface area contributed by atoms with Crippen LogP contribution in [0.5, 0.6) is 0 Å². The van der Waals surface area contributed by atoms with Crippen molar-refractivity contribution < 1.29 is 0 Å². The fraction of sp³-hybridized carbons (Fsp3) is 0.231. The summed E-state index contributed by atoms with van der Waals surface area (Å²) in [6.07, 6.45) is 4.04. The summed E-state index contributed by atoms with van der Waals surface area (Å²) in [6, 6.07) is 6.33. The minimum absolute atomic E-state index is 0.578. The maximum atomic E-state index is 5.46. The molecule has 15 heavy (non-hydrogen) atoms. The topological polar surface area (TPSA) is 41.8 Å². The lowest BCUT2D eigenvalue weighted by Gasteiger charge is -1.96. The van der Waals surface area contributed by atoms with E-state index in [4.69, 9.17) is 5.73 Å². The molecular weight excluding hydrogens is 184 g/mol. The lowest BCUT2D eigenvalue weighted by atomic mass is 10.1. The Hall–Kier alpha value is -1.54. The highest BCUT2D eigenvalue weighted by Crippen LogP contribution is 2.24. The molecule has 0 unspecified atom stereocenters. The van der Waals surface area contributed by atoms with Crippen LogP contribution in [0.15, 0.2) is 24.3 Å². The third kappa shape index (κ3) is 1.68. The number of benzene rings is 1. The summed E-state index contributed by atoms with van der Waals surface area (Å²) in [7, 11) is 0. The number of hydrogen-bond acceptors (Lipinski definition) is 1. The van der Waals surface area contributed by atoms with E-state index in [1.54, 1.807) is 0 Å². The number of nitrogens with one attached hydrogen (secondary N) is 1.